The van der Waals surface area contributed by atoms with Crippen LogP contribution in [-0.2, 0) is 14.3 Å². The lowest BCUT2D eigenvalue weighted by Gasteiger charge is -2.36. The van der Waals surface area contributed by atoms with E-state index in [-0.39, 0.29) is 37.0 Å². The van der Waals surface area contributed by atoms with Gasteiger partial charge in [-0.3, -0.25) is 14.4 Å². The number of para-hydroxylation sites is 1. The molecular weight excluding hydrogens is 447 g/mol. The maximum absolute atomic E-state index is 14.0. The third-order valence-electron chi connectivity index (χ3n) is 6.05. The zero-order valence-corrected chi connectivity index (χ0v) is 19.4. The van der Waals surface area contributed by atoms with Crippen LogP contribution in [0.2, 0.25) is 0 Å². The van der Waals surface area contributed by atoms with Crippen LogP contribution < -0.4 is 4.90 Å². The molecule has 1 aliphatic heterocycles. The van der Waals surface area contributed by atoms with Crippen LogP contribution in [0.3, 0.4) is 0 Å². The van der Waals surface area contributed by atoms with E-state index < -0.39 is 5.97 Å². The Morgan fingerprint density at radius 1 is 0.743 bits per heavy atom. The molecule has 7 heteroatoms. The van der Waals surface area contributed by atoms with E-state index in [2.05, 4.69) is 0 Å². The van der Waals surface area contributed by atoms with Gasteiger partial charge in [0.1, 0.15) is 5.82 Å². The molecule has 1 saturated heterocycles. The Kier molecular flexibility index (Phi) is 7.88. The highest BCUT2D eigenvalue weighted by molar-refractivity contribution is 5.98. The average molecular weight is 475 g/mol. The summed E-state index contributed by atoms with van der Waals surface area (Å²) in [4.78, 5) is 40.4. The summed E-state index contributed by atoms with van der Waals surface area (Å²) in [6, 6.07) is 23.7. The lowest BCUT2D eigenvalue weighted by Crippen LogP contribution is -2.50. The second kappa shape index (κ2) is 11.4. The van der Waals surface area contributed by atoms with Crippen LogP contribution in [0.1, 0.15) is 23.2 Å². The summed E-state index contributed by atoms with van der Waals surface area (Å²) in [6.07, 6.45) is -0.0768. The van der Waals surface area contributed by atoms with Crippen molar-refractivity contribution in [3.63, 3.8) is 0 Å². The lowest BCUT2D eigenvalue weighted by atomic mass is 10.0. The first-order chi connectivity index (χ1) is 17.0. The first-order valence-electron chi connectivity index (χ1n) is 11.6. The summed E-state index contributed by atoms with van der Waals surface area (Å²) in [5.74, 6) is -1.33. The van der Waals surface area contributed by atoms with Crippen molar-refractivity contribution in [2.45, 2.75) is 12.8 Å². The normalized spacial score (nSPS) is 13.4. The highest BCUT2D eigenvalue weighted by atomic mass is 19.1. The smallest absolute Gasteiger partial charge is 0.306 e. The van der Waals surface area contributed by atoms with Gasteiger partial charge < -0.3 is 14.5 Å². The number of ether oxygens (including phenoxy) is 1. The van der Waals surface area contributed by atoms with Crippen molar-refractivity contribution in [2.75, 3.05) is 37.7 Å². The number of esters is 1. The number of benzene rings is 3. The first kappa shape index (κ1) is 24.1. The number of ketones is 1. The van der Waals surface area contributed by atoms with E-state index in [1.54, 1.807) is 35.2 Å². The molecule has 0 atom stereocenters. The molecule has 0 bridgehead atoms. The van der Waals surface area contributed by atoms with Gasteiger partial charge in [-0.2, -0.15) is 0 Å². The largest absolute Gasteiger partial charge is 0.456 e. The van der Waals surface area contributed by atoms with Crippen molar-refractivity contribution in [1.29, 1.82) is 0 Å². The Bertz CT molecular complexity index is 1170. The van der Waals surface area contributed by atoms with Crippen LogP contribution in [0.5, 0.6) is 0 Å². The molecule has 1 heterocycles. The van der Waals surface area contributed by atoms with Crippen LogP contribution in [0.25, 0.3) is 11.1 Å². The van der Waals surface area contributed by atoms with Gasteiger partial charge in [-0.15, -0.1) is 0 Å². The fourth-order valence-electron chi connectivity index (χ4n) is 4.05. The summed E-state index contributed by atoms with van der Waals surface area (Å²) in [7, 11) is 0. The SMILES string of the molecule is O=C(CCC(=O)c1ccc(-c2ccccc2)cc1)OCC(=O)N1CCN(c2ccccc2F)CC1. The number of rotatable bonds is 8. The molecule has 0 spiro atoms. The van der Waals surface area contributed by atoms with Gasteiger partial charge in [-0.1, -0.05) is 66.7 Å². The highest BCUT2D eigenvalue weighted by Gasteiger charge is 2.23. The molecule has 0 aliphatic carbocycles. The van der Waals surface area contributed by atoms with Crippen molar-refractivity contribution in [1.82, 2.24) is 4.90 Å². The molecule has 1 aliphatic rings. The van der Waals surface area contributed by atoms with E-state index in [1.165, 1.54) is 6.07 Å². The van der Waals surface area contributed by atoms with Crippen LogP contribution in [0.15, 0.2) is 78.9 Å². The van der Waals surface area contributed by atoms with Gasteiger partial charge in [0.05, 0.1) is 12.1 Å². The number of amides is 1. The number of halogens is 1. The molecule has 35 heavy (non-hydrogen) atoms. The zero-order valence-electron chi connectivity index (χ0n) is 19.4. The van der Waals surface area contributed by atoms with Crippen LogP contribution in [-0.4, -0.2) is 55.3 Å². The topological polar surface area (TPSA) is 66.9 Å². The van der Waals surface area contributed by atoms with E-state index in [1.807, 2.05) is 47.4 Å². The third-order valence-corrected chi connectivity index (χ3v) is 6.05. The number of anilines is 1. The standard InChI is InChI=1S/C28H27FN2O4/c29-24-8-4-5-9-25(24)30-16-18-31(19-17-30)27(33)20-35-28(34)15-14-26(32)23-12-10-22(11-13-23)21-6-2-1-3-7-21/h1-13H,14-20H2. The predicted molar refractivity (Wildman–Crippen MR) is 132 cm³/mol. The van der Waals surface area contributed by atoms with Gasteiger partial charge in [-0.05, 0) is 23.3 Å². The fourth-order valence-corrected chi connectivity index (χ4v) is 4.05. The molecule has 0 saturated carbocycles. The molecule has 180 valence electrons. The average Bonchev–Trinajstić information content (AvgIpc) is 2.91. The Hall–Kier alpha value is -4.00. The van der Waals surface area contributed by atoms with Crippen molar-refractivity contribution in [3.05, 3.63) is 90.2 Å². The number of hydrogen-bond donors (Lipinski definition) is 0. The fraction of sp³-hybridized carbons (Fsp3) is 0.250. The molecule has 0 aromatic heterocycles. The number of piperazine rings is 1. The molecule has 3 aromatic carbocycles. The third kappa shape index (κ3) is 6.32. The molecule has 6 nitrogen and oxygen atoms in total. The maximum Gasteiger partial charge on any atom is 0.306 e. The second-order valence-corrected chi connectivity index (χ2v) is 8.35. The van der Waals surface area contributed by atoms with Gasteiger partial charge in [0.25, 0.3) is 5.91 Å². The number of hydrogen-bond acceptors (Lipinski definition) is 5. The zero-order chi connectivity index (χ0) is 24.6. The summed E-state index contributed by atoms with van der Waals surface area (Å²) in [5, 5.41) is 0. The van der Waals surface area contributed by atoms with Crippen LogP contribution in [0, 0.1) is 5.82 Å². The maximum atomic E-state index is 14.0. The Morgan fingerprint density at radius 2 is 1.37 bits per heavy atom. The minimum absolute atomic E-state index is 0.0129. The van der Waals surface area contributed by atoms with Crippen molar-refractivity contribution in [3.8, 4) is 11.1 Å². The minimum Gasteiger partial charge on any atom is -0.456 e. The predicted octanol–water partition coefficient (Wildman–Crippen LogP) is 4.35. The van der Waals surface area contributed by atoms with Crippen LogP contribution >= 0.6 is 0 Å². The number of nitrogens with zero attached hydrogens (tertiary/aromatic N) is 2. The Morgan fingerprint density at radius 3 is 2.06 bits per heavy atom. The molecule has 0 unspecified atom stereocenters. The summed E-state index contributed by atoms with van der Waals surface area (Å²) >= 11 is 0. The van der Waals surface area contributed by atoms with E-state index >= 15 is 0 Å². The molecule has 3 aromatic rings. The van der Waals surface area contributed by atoms with Gasteiger partial charge in [0, 0.05) is 38.2 Å². The molecule has 4 rings (SSSR count). The first-order valence-corrected chi connectivity index (χ1v) is 11.6. The number of carbonyl (C=O) groups is 3. The van der Waals surface area contributed by atoms with E-state index in [4.69, 9.17) is 4.74 Å². The molecular formula is C28H27FN2O4. The number of carbonyl (C=O) groups excluding carboxylic acids is 3. The summed E-state index contributed by atoms with van der Waals surface area (Å²) < 4.78 is 19.1. The highest BCUT2D eigenvalue weighted by Crippen LogP contribution is 2.21. The number of Topliss-reactive ketones (excluding diaryl/α,β-unsaturated/α-hetero) is 1. The Balaban J connectivity index is 1.18. The molecule has 0 radical (unpaired) electrons. The van der Waals surface area contributed by atoms with Gasteiger partial charge >= 0.3 is 5.97 Å². The van der Waals surface area contributed by atoms with Gasteiger partial charge in [0.15, 0.2) is 12.4 Å². The minimum atomic E-state index is -0.586. The molecule has 1 amide bonds. The van der Waals surface area contributed by atoms with E-state index in [9.17, 15) is 18.8 Å². The van der Waals surface area contributed by atoms with E-state index in [0.29, 0.717) is 37.4 Å². The van der Waals surface area contributed by atoms with Crippen molar-refractivity contribution < 1.29 is 23.5 Å². The van der Waals surface area contributed by atoms with Gasteiger partial charge in [0.2, 0.25) is 0 Å². The lowest BCUT2D eigenvalue weighted by molar-refractivity contribution is -0.152. The van der Waals surface area contributed by atoms with Crippen molar-refractivity contribution in [2.24, 2.45) is 0 Å². The van der Waals surface area contributed by atoms with Crippen LogP contribution in [0.4, 0.5) is 10.1 Å². The van der Waals surface area contributed by atoms with Gasteiger partial charge in [-0.25, -0.2) is 4.39 Å². The molecule has 0 N–H and O–H groups in total. The Labute approximate surface area is 203 Å². The summed E-state index contributed by atoms with van der Waals surface area (Å²) in [5.41, 5.74) is 3.12. The van der Waals surface area contributed by atoms with Crippen molar-refractivity contribution >= 4 is 23.3 Å². The van der Waals surface area contributed by atoms with E-state index in [0.717, 1.165) is 11.1 Å². The molecule has 1 fully saturated rings. The second-order valence-electron chi connectivity index (χ2n) is 8.35. The quantitative estimate of drug-likeness (QED) is 0.359. The summed E-state index contributed by atoms with van der Waals surface area (Å²) in [6.45, 7) is 1.47. The monoisotopic (exact) mass is 474 g/mol.